The van der Waals surface area contributed by atoms with Gasteiger partial charge in [-0.15, -0.1) is 0 Å². The summed E-state index contributed by atoms with van der Waals surface area (Å²) in [7, 11) is 0. The standard InChI is InChI=1S/C11H22N2O3/c1-4-11(3)8(6-9(11)15-5-2)13-16-7-10(12)14/h8-9,13H,4-7H2,1-3H3,(H2,12,14). The van der Waals surface area contributed by atoms with Gasteiger partial charge in [-0.05, 0) is 19.8 Å². The number of amides is 1. The molecule has 5 nitrogen and oxygen atoms in total. The second-order valence-corrected chi connectivity index (χ2v) is 4.46. The predicted molar refractivity (Wildman–Crippen MR) is 60.5 cm³/mol. The van der Waals surface area contributed by atoms with Crippen molar-refractivity contribution in [1.29, 1.82) is 0 Å². The Hall–Kier alpha value is -0.650. The number of hydrogen-bond donors (Lipinski definition) is 2. The van der Waals surface area contributed by atoms with Crippen LogP contribution in [-0.2, 0) is 14.4 Å². The van der Waals surface area contributed by atoms with E-state index in [-0.39, 0.29) is 24.2 Å². The SMILES string of the molecule is CCOC1CC(NOCC(N)=O)C1(C)CC. The maximum Gasteiger partial charge on any atom is 0.245 e. The Morgan fingerprint density at radius 1 is 1.56 bits per heavy atom. The second kappa shape index (κ2) is 5.61. The first kappa shape index (κ1) is 13.4. The van der Waals surface area contributed by atoms with Gasteiger partial charge in [0.25, 0.3) is 0 Å². The molecule has 0 spiro atoms. The fourth-order valence-electron chi connectivity index (χ4n) is 2.15. The molecular weight excluding hydrogens is 208 g/mol. The maximum absolute atomic E-state index is 10.5. The number of carbonyl (C=O) groups is 1. The predicted octanol–water partition coefficient (Wildman–Crippen LogP) is 0.587. The van der Waals surface area contributed by atoms with Gasteiger partial charge in [0.15, 0.2) is 0 Å². The third kappa shape index (κ3) is 2.72. The maximum atomic E-state index is 10.5. The molecule has 5 heteroatoms. The Labute approximate surface area is 96.6 Å². The van der Waals surface area contributed by atoms with E-state index in [0.29, 0.717) is 0 Å². The first-order chi connectivity index (χ1) is 7.54. The highest BCUT2D eigenvalue weighted by atomic mass is 16.6. The lowest BCUT2D eigenvalue weighted by Gasteiger charge is -2.53. The van der Waals surface area contributed by atoms with Gasteiger partial charge in [-0.25, -0.2) is 0 Å². The normalized spacial score (nSPS) is 33.4. The summed E-state index contributed by atoms with van der Waals surface area (Å²) in [6.07, 6.45) is 2.20. The summed E-state index contributed by atoms with van der Waals surface area (Å²) in [5.74, 6) is -0.466. The Bertz CT molecular complexity index is 247. The molecule has 0 radical (unpaired) electrons. The van der Waals surface area contributed by atoms with E-state index in [0.717, 1.165) is 19.4 Å². The van der Waals surface area contributed by atoms with E-state index in [1.807, 2.05) is 6.92 Å². The molecule has 1 rings (SSSR count). The third-order valence-corrected chi connectivity index (χ3v) is 3.55. The number of nitrogens with two attached hydrogens (primary N) is 1. The minimum absolute atomic E-state index is 0.0770. The van der Waals surface area contributed by atoms with Crippen LogP contribution in [0.4, 0.5) is 0 Å². The van der Waals surface area contributed by atoms with Crippen LogP contribution in [0.1, 0.15) is 33.6 Å². The molecular formula is C11H22N2O3. The zero-order chi connectivity index (χ0) is 12.2. The van der Waals surface area contributed by atoms with Crippen LogP contribution >= 0.6 is 0 Å². The summed E-state index contributed by atoms with van der Waals surface area (Å²) in [5.41, 5.74) is 7.96. The molecule has 0 aromatic rings. The molecule has 3 unspecified atom stereocenters. The molecule has 1 aliphatic rings. The molecule has 0 aromatic heterocycles. The largest absolute Gasteiger partial charge is 0.378 e. The van der Waals surface area contributed by atoms with E-state index in [1.54, 1.807) is 0 Å². The van der Waals surface area contributed by atoms with Crippen LogP contribution in [0.3, 0.4) is 0 Å². The minimum atomic E-state index is -0.466. The van der Waals surface area contributed by atoms with Crippen molar-refractivity contribution in [3.63, 3.8) is 0 Å². The molecule has 0 aliphatic heterocycles. The van der Waals surface area contributed by atoms with E-state index in [1.165, 1.54) is 0 Å². The van der Waals surface area contributed by atoms with Crippen LogP contribution in [0.5, 0.6) is 0 Å². The van der Waals surface area contributed by atoms with Crippen LogP contribution in [0.2, 0.25) is 0 Å². The molecule has 1 fully saturated rings. The Morgan fingerprint density at radius 3 is 2.75 bits per heavy atom. The van der Waals surface area contributed by atoms with Gasteiger partial charge in [-0.1, -0.05) is 13.8 Å². The number of hydrogen-bond acceptors (Lipinski definition) is 4. The summed E-state index contributed by atoms with van der Waals surface area (Å²) in [5, 5.41) is 0. The van der Waals surface area contributed by atoms with Crippen molar-refractivity contribution < 1.29 is 14.4 Å². The van der Waals surface area contributed by atoms with E-state index in [2.05, 4.69) is 19.3 Å². The van der Waals surface area contributed by atoms with Crippen molar-refractivity contribution in [2.45, 2.75) is 45.8 Å². The molecule has 1 saturated carbocycles. The van der Waals surface area contributed by atoms with Gasteiger partial charge in [-0.3, -0.25) is 9.63 Å². The van der Waals surface area contributed by atoms with Crippen LogP contribution in [0.25, 0.3) is 0 Å². The Kier molecular flexibility index (Phi) is 4.70. The zero-order valence-electron chi connectivity index (χ0n) is 10.3. The lowest BCUT2D eigenvalue weighted by Crippen LogP contribution is -2.62. The third-order valence-electron chi connectivity index (χ3n) is 3.55. The van der Waals surface area contributed by atoms with Gasteiger partial charge >= 0.3 is 0 Å². The summed E-state index contributed by atoms with van der Waals surface area (Å²) in [4.78, 5) is 15.6. The molecule has 0 saturated heterocycles. The number of nitrogens with one attached hydrogen (secondary N) is 1. The van der Waals surface area contributed by atoms with Crippen LogP contribution < -0.4 is 11.2 Å². The molecule has 0 aromatic carbocycles. The van der Waals surface area contributed by atoms with Gasteiger partial charge < -0.3 is 10.5 Å². The Balaban J connectivity index is 2.36. The highest BCUT2D eigenvalue weighted by molar-refractivity contribution is 5.74. The molecule has 3 atom stereocenters. The van der Waals surface area contributed by atoms with E-state index >= 15 is 0 Å². The Morgan fingerprint density at radius 2 is 2.25 bits per heavy atom. The number of ether oxygens (including phenoxy) is 1. The second-order valence-electron chi connectivity index (χ2n) is 4.46. The summed E-state index contributed by atoms with van der Waals surface area (Å²) in [6.45, 7) is 6.95. The van der Waals surface area contributed by atoms with Crippen molar-refractivity contribution in [3.05, 3.63) is 0 Å². The van der Waals surface area contributed by atoms with Gasteiger partial charge in [0, 0.05) is 18.1 Å². The van der Waals surface area contributed by atoms with E-state index < -0.39 is 5.91 Å². The average Bonchev–Trinajstić information content (AvgIpc) is 2.25. The van der Waals surface area contributed by atoms with Crippen LogP contribution in [-0.4, -0.2) is 31.3 Å². The number of rotatable bonds is 7. The van der Waals surface area contributed by atoms with E-state index in [9.17, 15) is 4.79 Å². The summed E-state index contributed by atoms with van der Waals surface area (Å²) in [6, 6.07) is 0.230. The number of hydroxylamine groups is 1. The monoisotopic (exact) mass is 230 g/mol. The fraction of sp³-hybridized carbons (Fsp3) is 0.909. The van der Waals surface area contributed by atoms with Crippen LogP contribution in [0.15, 0.2) is 0 Å². The topological polar surface area (TPSA) is 73.6 Å². The van der Waals surface area contributed by atoms with Gasteiger partial charge in [0.1, 0.15) is 6.61 Å². The van der Waals surface area contributed by atoms with Gasteiger partial charge in [0.2, 0.25) is 5.91 Å². The van der Waals surface area contributed by atoms with Crippen molar-refractivity contribution in [1.82, 2.24) is 5.48 Å². The van der Waals surface area contributed by atoms with Gasteiger partial charge in [0.05, 0.1) is 6.10 Å². The van der Waals surface area contributed by atoms with Crippen molar-refractivity contribution in [3.8, 4) is 0 Å². The lowest BCUT2D eigenvalue weighted by atomic mass is 9.62. The lowest BCUT2D eigenvalue weighted by molar-refractivity contribution is -0.166. The highest BCUT2D eigenvalue weighted by Gasteiger charge is 2.51. The zero-order valence-corrected chi connectivity index (χ0v) is 10.3. The average molecular weight is 230 g/mol. The smallest absolute Gasteiger partial charge is 0.245 e. The molecule has 16 heavy (non-hydrogen) atoms. The first-order valence-electron chi connectivity index (χ1n) is 5.81. The fourth-order valence-corrected chi connectivity index (χ4v) is 2.15. The number of carbonyl (C=O) groups excluding carboxylic acids is 1. The molecule has 0 bridgehead atoms. The molecule has 1 amide bonds. The van der Waals surface area contributed by atoms with Crippen molar-refractivity contribution >= 4 is 5.91 Å². The van der Waals surface area contributed by atoms with Crippen molar-refractivity contribution in [2.75, 3.05) is 13.2 Å². The van der Waals surface area contributed by atoms with Crippen LogP contribution in [0, 0.1) is 5.41 Å². The van der Waals surface area contributed by atoms with Crippen molar-refractivity contribution in [2.24, 2.45) is 11.1 Å². The summed E-state index contributed by atoms with van der Waals surface area (Å²) >= 11 is 0. The highest BCUT2D eigenvalue weighted by Crippen LogP contribution is 2.45. The number of primary amides is 1. The minimum Gasteiger partial charge on any atom is -0.378 e. The van der Waals surface area contributed by atoms with E-state index in [4.69, 9.17) is 15.3 Å². The quantitative estimate of drug-likeness (QED) is 0.628. The molecule has 1 aliphatic carbocycles. The van der Waals surface area contributed by atoms with Gasteiger partial charge in [-0.2, -0.15) is 5.48 Å². The molecule has 3 N–H and O–H groups in total. The molecule has 94 valence electrons. The summed E-state index contributed by atoms with van der Waals surface area (Å²) < 4.78 is 5.65. The molecule has 0 heterocycles. The first-order valence-corrected chi connectivity index (χ1v) is 5.81.